The normalized spacial score (nSPS) is 16.3. The minimum atomic E-state index is -1.98. The van der Waals surface area contributed by atoms with Gasteiger partial charge in [0.25, 0.3) is 0 Å². The summed E-state index contributed by atoms with van der Waals surface area (Å²) in [5.41, 5.74) is 0. The van der Waals surface area contributed by atoms with E-state index >= 15 is 0 Å². The molecule has 0 heterocycles. The Morgan fingerprint density at radius 3 is 2.15 bits per heavy atom. The molecule has 0 aromatic carbocycles. The van der Waals surface area contributed by atoms with Crippen molar-refractivity contribution in [3.05, 3.63) is 0 Å². The maximum Gasteiger partial charge on any atom is 0.377 e. The van der Waals surface area contributed by atoms with Crippen molar-refractivity contribution in [3.63, 3.8) is 0 Å². The van der Waals surface area contributed by atoms with E-state index in [0.717, 1.165) is 25.7 Å². The molecule has 0 aliphatic carbocycles. The van der Waals surface area contributed by atoms with Crippen LogP contribution in [-0.2, 0) is 39.7 Å². The van der Waals surface area contributed by atoms with Crippen molar-refractivity contribution in [2.24, 2.45) is 5.92 Å². The van der Waals surface area contributed by atoms with Crippen LogP contribution in [0.15, 0.2) is 0 Å². The molecule has 0 aromatic rings. The van der Waals surface area contributed by atoms with Crippen molar-refractivity contribution in [1.82, 2.24) is 0 Å². The number of hydrogen-bond acceptors (Lipinski definition) is 9. The predicted octanol–water partition coefficient (Wildman–Crippen LogP) is 7.05. The fourth-order valence-corrected chi connectivity index (χ4v) is 7.25. The van der Waals surface area contributed by atoms with E-state index in [-0.39, 0.29) is 9.03 Å². The molecule has 0 aliphatic heterocycles. The van der Waals surface area contributed by atoms with E-state index in [1.807, 2.05) is 6.66 Å². The molecule has 0 bridgehead atoms. The van der Waals surface area contributed by atoms with Gasteiger partial charge < -0.3 is 4.31 Å². The van der Waals surface area contributed by atoms with Crippen LogP contribution in [0.1, 0.15) is 39.5 Å². The SMILES string of the molecule is CCCCC(CC)COOP(OP(OP)OP)OP(OP)OPOPC. The topological polar surface area (TPSA) is 83.1 Å². The van der Waals surface area contributed by atoms with Gasteiger partial charge in [0.05, 0.1) is 6.61 Å². The van der Waals surface area contributed by atoms with Gasteiger partial charge in [-0.2, -0.15) is 4.67 Å². The minimum absolute atomic E-state index is 0.216. The molecule has 0 rings (SSSR count). The molecule has 0 N–H and O–H groups in total. The Balaban J connectivity index is 4.52. The second kappa shape index (κ2) is 21.3. The van der Waals surface area contributed by atoms with Crippen molar-refractivity contribution < 1.29 is 39.7 Å². The largest absolute Gasteiger partial charge is 0.377 e. The van der Waals surface area contributed by atoms with Gasteiger partial charge in [0, 0.05) is 37.2 Å². The quantitative estimate of drug-likeness (QED) is 0.0758. The number of hydrogen-bond donors (Lipinski definition) is 0. The van der Waals surface area contributed by atoms with E-state index in [2.05, 4.69) is 42.2 Å². The third kappa shape index (κ3) is 15.9. The zero-order chi connectivity index (χ0) is 19.6. The first-order valence-electron chi connectivity index (χ1n) is 7.56. The Morgan fingerprint density at radius 2 is 1.62 bits per heavy atom. The van der Waals surface area contributed by atoms with E-state index < -0.39 is 25.8 Å². The number of rotatable bonds is 19. The van der Waals surface area contributed by atoms with Gasteiger partial charge >= 0.3 is 25.8 Å². The number of unbranched alkanes of at least 4 members (excludes halogenated alkanes) is 1. The third-order valence-corrected chi connectivity index (χ3v) is 9.21. The first-order valence-corrected chi connectivity index (χ1v) is 14.5. The van der Waals surface area contributed by atoms with Crippen LogP contribution >= 0.6 is 72.0 Å². The molecule has 17 heteroatoms. The van der Waals surface area contributed by atoms with E-state index in [4.69, 9.17) is 39.7 Å². The lowest BCUT2D eigenvalue weighted by Gasteiger charge is -2.21. The van der Waals surface area contributed by atoms with Gasteiger partial charge in [-0.3, -0.25) is 17.2 Å². The Bertz CT molecular complexity index is 306. The molecule has 0 amide bonds. The van der Waals surface area contributed by atoms with E-state index in [1.165, 1.54) is 0 Å². The highest BCUT2D eigenvalue weighted by Gasteiger charge is 2.29. The molecule has 0 radical (unpaired) electrons. The van der Waals surface area contributed by atoms with Crippen LogP contribution in [-0.4, -0.2) is 13.3 Å². The lowest BCUT2D eigenvalue weighted by Crippen LogP contribution is -2.08. The van der Waals surface area contributed by atoms with E-state index in [9.17, 15) is 0 Å². The summed E-state index contributed by atoms with van der Waals surface area (Å²) >= 11 is 0. The van der Waals surface area contributed by atoms with Gasteiger partial charge in [-0.15, -0.1) is 0 Å². The molecule has 0 aliphatic rings. The highest BCUT2D eigenvalue weighted by molar-refractivity contribution is 7.65. The fraction of sp³-hybridized carbons (Fsp3) is 1.00. The molecule has 8 unspecified atom stereocenters. The second-order valence-corrected chi connectivity index (χ2v) is 11.9. The van der Waals surface area contributed by atoms with Crippen LogP contribution in [0.5, 0.6) is 0 Å². The van der Waals surface area contributed by atoms with Crippen LogP contribution in [0.2, 0.25) is 0 Å². The highest BCUT2D eigenvalue weighted by Crippen LogP contribution is 2.65. The van der Waals surface area contributed by atoms with Crippen LogP contribution in [0, 0.1) is 5.92 Å². The van der Waals surface area contributed by atoms with Crippen molar-refractivity contribution in [2.45, 2.75) is 39.5 Å². The molecule has 0 saturated carbocycles. The summed E-state index contributed by atoms with van der Waals surface area (Å²) in [4.78, 5) is 5.34. The van der Waals surface area contributed by atoms with Gasteiger partial charge in [0.1, 0.15) is 0 Å². The first-order chi connectivity index (χ1) is 12.6. The van der Waals surface area contributed by atoms with Gasteiger partial charge in [-0.1, -0.05) is 33.1 Å². The second-order valence-electron chi connectivity index (χ2n) is 4.41. The summed E-state index contributed by atoms with van der Waals surface area (Å²) in [6, 6.07) is 0. The average Bonchev–Trinajstić information content (AvgIpc) is 2.67. The van der Waals surface area contributed by atoms with Gasteiger partial charge in [-0.25, -0.2) is 13.5 Å². The molecular formula is C9H28O9P8. The van der Waals surface area contributed by atoms with Crippen LogP contribution in [0.4, 0.5) is 0 Å². The molecule has 0 aromatic heterocycles. The zero-order valence-electron chi connectivity index (χ0n) is 14.9. The summed E-state index contributed by atoms with van der Waals surface area (Å²) in [7, 11) is 0.838. The third-order valence-electron chi connectivity index (χ3n) is 2.74. The van der Waals surface area contributed by atoms with Crippen LogP contribution in [0.25, 0.3) is 0 Å². The molecule has 0 fully saturated rings. The van der Waals surface area contributed by atoms with Gasteiger partial charge in [0.2, 0.25) is 0 Å². The van der Waals surface area contributed by atoms with Crippen molar-refractivity contribution in [1.29, 1.82) is 0 Å². The Labute approximate surface area is 170 Å². The molecule has 0 saturated heterocycles. The van der Waals surface area contributed by atoms with E-state index in [0.29, 0.717) is 21.3 Å². The van der Waals surface area contributed by atoms with Crippen LogP contribution in [0.3, 0.4) is 0 Å². The van der Waals surface area contributed by atoms with E-state index in [1.54, 1.807) is 0 Å². The summed E-state index contributed by atoms with van der Waals surface area (Å²) in [6.45, 7) is 6.60. The summed E-state index contributed by atoms with van der Waals surface area (Å²) in [6.07, 6.45) is 4.37. The molecular weight excluding hydrogens is 500 g/mol. The van der Waals surface area contributed by atoms with Crippen molar-refractivity contribution in [3.8, 4) is 0 Å². The lowest BCUT2D eigenvalue weighted by atomic mass is 10.0. The average molecular weight is 528 g/mol. The van der Waals surface area contributed by atoms with Gasteiger partial charge in [-0.05, 0) is 19.0 Å². The van der Waals surface area contributed by atoms with Crippen molar-refractivity contribution in [2.75, 3.05) is 13.3 Å². The first kappa shape index (κ1) is 29.1. The minimum Gasteiger partial charge on any atom is -0.316 e. The zero-order valence-corrected chi connectivity index (χ0v) is 23.0. The standard InChI is InChI=1S/C9H28O9P8/c1-4-6-7-9(5-2)8-10-11-24(17-25(12-19)13-20)18-26(14-21)16-23-15-22-3/h9,22-23H,4-8,19-21H2,1-3H3. The summed E-state index contributed by atoms with van der Waals surface area (Å²) in [5, 5.41) is 0. The monoisotopic (exact) mass is 528 g/mol. The maximum absolute atomic E-state index is 5.54. The summed E-state index contributed by atoms with van der Waals surface area (Å²) < 4.78 is 41.8. The van der Waals surface area contributed by atoms with Crippen molar-refractivity contribution >= 4 is 72.0 Å². The van der Waals surface area contributed by atoms with Gasteiger partial charge in [0.15, 0.2) is 9.03 Å². The molecule has 26 heavy (non-hydrogen) atoms. The smallest absolute Gasteiger partial charge is 0.316 e. The Morgan fingerprint density at radius 1 is 0.962 bits per heavy atom. The molecule has 0 spiro atoms. The molecule has 8 atom stereocenters. The lowest BCUT2D eigenvalue weighted by molar-refractivity contribution is -0.221. The predicted molar refractivity (Wildman–Crippen MR) is 120 cm³/mol. The molecule has 158 valence electrons. The Hall–Kier alpha value is 3.08. The van der Waals surface area contributed by atoms with Crippen LogP contribution < -0.4 is 0 Å². The maximum atomic E-state index is 5.54. The fourth-order valence-electron chi connectivity index (χ4n) is 1.43. The highest BCUT2D eigenvalue weighted by atomic mass is 31.3. The summed E-state index contributed by atoms with van der Waals surface area (Å²) in [5.74, 6) is 0.403. The molecule has 9 nitrogen and oxygen atoms in total. The Kier molecular flexibility index (Phi) is 23.8.